The maximum atomic E-state index is 14.5. The van der Waals surface area contributed by atoms with Crippen molar-refractivity contribution in [3.05, 3.63) is 39.7 Å². The minimum atomic E-state index is -1.12. The fourth-order valence-corrected chi connectivity index (χ4v) is 2.43. The number of nitrogens with one attached hydrogen (secondary N) is 1. The normalized spacial score (nSPS) is 11.1. The molecule has 0 saturated heterocycles. The fourth-order valence-electron chi connectivity index (χ4n) is 2.43. The lowest BCUT2D eigenvalue weighted by molar-refractivity contribution is 0.0941. The van der Waals surface area contributed by atoms with Crippen LogP contribution in [0, 0.1) is 11.6 Å². The Labute approximate surface area is 136 Å². The molecule has 0 aliphatic rings. The van der Waals surface area contributed by atoms with Crippen LogP contribution in [-0.4, -0.2) is 30.3 Å². The topological polar surface area (TPSA) is 60.3 Å². The van der Waals surface area contributed by atoms with Crippen molar-refractivity contribution >= 4 is 16.8 Å². The Bertz CT molecular complexity index is 847. The SMILES string of the molecule is COc1c(F)cc2c(=O)c(C(=O)NC(C)C)cn(CCF)c2c1F. The first kappa shape index (κ1) is 17.8. The molecule has 0 aliphatic carbocycles. The molecule has 1 heterocycles. The number of aromatic nitrogens is 1. The Hall–Kier alpha value is -2.51. The van der Waals surface area contributed by atoms with Crippen molar-refractivity contribution in [1.82, 2.24) is 9.88 Å². The molecule has 8 heteroatoms. The van der Waals surface area contributed by atoms with E-state index < -0.39 is 35.4 Å². The summed E-state index contributed by atoms with van der Waals surface area (Å²) in [5.41, 5.74) is -1.45. The van der Waals surface area contributed by atoms with Crippen LogP contribution in [0.5, 0.6) is 5.75 Å². The summed E-state index contributed by atoms with van der Waals surface area (Å²) in [6.07, 6.45) is 1.07. The maximum absolute atomic E-state index is 14.5. The van der Waals surface area contributed by atoms with Crippen molar-refractivity contribution in [2.45, 2.75) is 26.4 Å². The van der Waals surface area contributed by atoms with E-state index in [2.05, 4.69) is 10.1 Å². The number of carbonyl (C=O) groups is 1. The highest BCUT2D eigenvalue weighted by Gasteiger charge is 2.22. The van der Waals surface area contributed by atoms with Crippen LogP contribution in [0.25, 0.3) is 10.9 Å². The van der Waals surface area contributed by atoms with Crippen molar-refractivity contribution in [2.75, 3.05) is 13.8 Å². The zero-order chi connectivity index (χ0) is 18.0. The van der Waals surface area contributed by atoms with Crippen LogP contribution in [0.1, 0.15) is 24.2 Å². The second-order valence-corrected chi connectivity index (χ2v) is 5.48. The zero-order valence-corrected chi connectivity index (χ0v) is 13.5. The van der Waals surface area contributed by atoms with Crippen LogP contribution in [0.2, 0.25) is 0 Å². The van der Waals surface area contributed by atoms with E-state index in [1.165, 1.54) is 0 Å². The second-order valence-electron chi connectivity index (χ2n) is 5.48. The molecule has 0 spiro atoms. The van der Waals surface area contributed by atoms with Crippen molar-refractivity contribution in [3.8, 4) is 5.75 Å². The molecule has 2 aromatic rings. The van der Waals surface area contributed by atoms with Gasteiger partial charge in [0.1, 0.15) is 12.2 Å². The predicted molar refractivity (Wildman–Crippen MR) is 83.3 cm³/mol. The number of benzene rings is 1. The number of amides is 1. The van der Waals surface area contributed by atoms with Gasteiger partial charge in [-0.1, -0.05) is 0 Å². The van der Waals surface area contributed by atoms with E-state index in [-0.39, 0.29) is 29.1 Å². The average molecular weight is 342 g/mol. The number of rotatable bonds is 5. The molecular formula is C16H17F3N2O3. The zero-order valence-electron chi connectivity index (χ0n) is 13.5. The molecule has 130 valence electrons. The van der Waals surface area contributed by atoms with Crippen molar-refractivity contribution < 1.29 is 22.7 Å². The lowest BCUT2D eigenvalue weighted by atomic mass is 10.1. The van der Waals surface area contributed by atoms with Gasteiger partial charge >= 0.3 is 0 Å². The smallest absolute Gasteiger partial charge is 0.256 e. The monoisotopic (exact) mass is 342 g/mol. The van der Waals surface area contributed by atoms with Crippen LogP contribution in [0.4, 0.5) is 13.2 Å². The molecule has 0 atom stereocenters. The number of carbonyl (C=O) groups excluding carboxylic acids is 1. The van der Waals surface area contributed by atoms with Crippen LogP contribution < -0.4 is 15.5 Å². The summed E-state index contributed by atoms with van der Waals surface area (Å²) in [6.45, 7) is 2.24. The van der Waals surface area contributed by atoms with Gasteiger partial charge in [0.05, 0.1) is 24.6 Å². The van der Waals surface area contributed by atoms with Crippen LogP contribution >= 0.6 is 0 Å². The fraction of sp³-hybridized carbons (Fsp3) is 0.375. The molecule has 1 aromatic heterocycles. The van der Waals surface area contributed by atoms with E-state index in [1.807, 2.05) is 0 Å². The lowest BCUT2D eigenvalue weighted by Crippen LogP contribution is -2.34. The van der Waals surface area contributed by atoms with Gasteiger partial charge in [0.25, 0.3) is 5.91 Å². The Balaban J connectivity index is 2.84. The summed E-state index contributed by atoms with van der Waals surface area (Å²) in [7, 11) is 1.08. The van der Waals surface area contributed by atoms with Gasteiger partial charge in [0.15, 0.2) is 17.4 Å². The largest absolute Gasteiger partial charge is 0.491 e. The Morgan fingerprint density at radius 3 is 2.58 bits per heavy atom. The number of hydrogen-bond donors (Lipinski definition) is 1. The minimum absolute atomic E-state index is 0.244. The van der Waals surface area contributed by atoms with Gasteiger partial charge in [-0.2, -0.15) is 0 Å². The molecule has 0 radical (unpaired) electrons. The standard InChI is InChI=1S/C16H17F3N2O3/c1-8(2)20-16(23)10-7-21(5-4-17)13-9(14(10)22)6-11(18)15(24-3)12(13)19/h6-8H,4-5H2,1-3H3,(H,20,23). The summed E-state index contributed by atoms with van der Waals surface area (Å²) < 4.78 is 47.0. The number of ether oxygens (including phenoxy) is 1. The van der Waals surface area contributed by atoms with Crippen molar-refractivity contribution in [3.63, 3.8) is 0 Å². The number of pyridine rings is 1. The van der Waals surface area contributed by atoms with Gasteiger partial charge in [-0.25, -0.2) is 13.2 Å². The first-order valence-corrected chi connectivity index (χ1v) is 7.27. The highest BCUT2D eigenvalue weighted by Crippen LogP contribution is 2.28. The Morgan fingerprint density at radius 1 is 1.38 bits per heavy atom. The molecule has 0 unspecified atom stereocenters. The van der Waals surface area contributed by atoms with Crippen LogP contribution in [-0.2, 0) is 6.54 Å². The highest BCUT2D eigenvalue weighted by atomic mass is 19.1. The van der Waals surface area contributed by atoms with Gasteiger partial charge in [-0.05, 0) is 19.9 Å². The predicted octanol–water partition coefficient (Wildman–Crippen LogP) is 2.40. The average Bonchev–Trinajstić information content (AvgIpc) is 2.49. The molecule has 24 heavy (non-hydrogen) atoms. The van der Waals surface area contributed by atoms with Gasteiger partial charge in [0.2, 0.25) is 5.43 Å². The molecule has 0 fully saturated rings. The highest BCUT2D eigenvalue weighted by molar-refractivity contribution is 5.97. The number of nitrogens with zero attached hydrogens (tertiary/aromatic N) is 1. The molecule has 0 aliphatic heterocycles. The molecule has 1 aromatic carbocycles. The summed E-state index contributed by atoms with van der Waals surface area (Å²) in [5.74, 6) is -3.56. The van der Waals surface area contributed by atoms with E-state index in [0.29, 0.717) is 0 Å². The van der Waals surface area contributed by atoms with Gasteiger partial charge in [0, 0.05) is 12.2 Å². The van der Waals surface area contributed by atoms with Gasteiger partial charge < -0.3 is 14.6 Å². The van der Waals surface area contributed by atoms with Crippen LogP contribution in [0.3, 0.4) is 0 Å². The second kappa shape index (κ2) is 6.94. The molecule has 5 nitrogen and oxygen atoms in total. The first-order chi connectivity index (χ1) is 11.3. The third kappa shape index (κ3) is 3.08. The van der Waals surface area contributed by atoms with Crippen LogP contribution in [0.15, 0.2) is 17.1 Å². The number of methoxy groups -OCH3 is 1. The number of hydrogen-bond acceptors (Lipinski definition) is 3. The summed E-state index contributed by atoms with van der Waals surface area (Å²) in [4.78, 5) is 24.6. The third-order valence-corrected chi connectivity index (χ3v) is 3.41. The number of alkyl halides is 1. The number of fused-ring (bicyclic) bond motifs is 1. The molecular weight excluding hydrogens is 325 g/mol. The molecule has 2 rings (SSSR count). The van der Waals surface area contributed by atoms with Gasteiger partial charge in [-0.15, -0.1) is 0 Å². The first-order valence-electron chi connectivity index (χ1n) is 7.27. The summed E-state index contributed by atoms with van der Waals surface area (Å²) >= 11 is 0. The van der Waals surface area contributed by atoms with E-state index in [0.717, 1.165) is 23.9 Å². The van der Waals surface area contributed by atoms with E-state index >= 15 is 0 Å². The molecule has 1 amide bonds. The van der Waals surface area contributed by atoms with E-state index in [1.54, 1.807) is 13.8 Å². The Morgan fingerprint density at radius 2 is 2.04 bits per heavy atom. The third-order valence-electron chi connectivity index (χ3n) is 3.41. The summed E-state index contributed by atoms with van der Waals surface area (Å²) in [5, 5.41) is 2.18. The molecule has 0 saturated carbocycles. The number of aryl methyl sites for hydroxylation is 1. The quantitative estimate of drug-likeness (QED) is 0.908. The molecule has 1 N–H and O–H groups in total. The van der Waals surface area contributed by atoms with Gasteiger partial charge in [-0.3, -0.25) is 9.59 Å². The van der Waals surface area contributed by atoms with E-state index in [9.17, 15) is 22.8 Å². The maximum Gasteiger partial charge on any atom is 0.256 e. The van der Waals surface area contributed by atoms with Crippen molar-refractivity contribution in [2.24, 2.45) is 0 Å². The van der Waals surface area contributed by atoms with Crippen molar-refractivity contribution in [1.29, 1.82) is 0 Å². The lowest BCUT2D eigenvalue weighted by Gasteiger charge is -2.15. The Kier molecular flexibility index (Phi) is 5.16. The molecule has 0 bridgehead atoms. The summed E-state index contributed by atoms with van der Waals surface area (Å²) in [6, 6.07) is 0.548. The van der Waals surface area contributed by atoms with E-state index in [4.69, 9.17) is 0 Å². The minimum Gasteiger partial charge on any atom is -0.491 e. The number of halogens is 3.